The average Bonchev–Trinajstić information content (AvgIpc) is 2.80. The number of amides is 2. The van der Waals surface area contributed by atoms with Gasteiger partial charge in [0.05, 0.1) is 0 Å². The molecule has 2 heterocycles. The summed E-state index contributed by atoms with van der Waals surface area (Å²) in [5.41, 5.74) is 0. The second-order valence-electron chi connectivity index (χ2n) is 10.4. The molecule has 0 aromatic heterocycles. The Morgan fingerprint density at radius 2 is 0.906 bits per heavy atom. The van der Waals surface area contributed by atoms with Gasteiger partial charge in [-0.25, -0.2) is 0 Å². The van der Waals surface area contributed by atoms with Gasteiger partial charge >= 0.3 is 0 Å². The fraction of sp³-hybridized carbons (Fsp3) is 0.929. The van der Waals surface area contributed by atoms with Crippen LogP contribution in [-0.4, -0.2) is 47.8 Å². The first kappa shape index (κ1) is 27.2. The molecule has 0 aliphatic carbocycles. The summed E-state index contributed by atoms with van der Waals surface area (Å²) < 4.78 is 0. The Labute approximate surface area is 198 Å². The van der Waals surface area contributed by atoms with E-state index in [2.05, 4.69) is 13.8 Å². The third-order valence-corrected chi connectivity index (χ3v) is 7.73. The maximum atomic E-state index is 13.1. The Balaban J connectivity index is 1.64. The Morgan fingerprint density at radius 1 is 0.562 bits per heavy atom. The van der Waals surface area contributed by atoms with E-state index in [1.54, 1.807) is 0 Å². The van der Waals surface area contributed by atoms with Crippen LogP contribution in [0.25, 0.3) is 0 Å². The zero-order valence-corrected chi connectivity index (χ0v) is 21.4. The largest absolute Gasteiger partial charge is 0.342 e. The standard InChI is InChI=1S/C28H52N2O2/c1-3-5-7-9-11-13-15-17-21-29-23-19-25-20-24-30(28(32)26(25)27(29)31)22-18-16-14-12-10-8-6-4-2/h25-26H,3-24H2,1-2H3. The molecule has 32 heavy (non-hydrogen) atoms. The Bertz CT molecular complexity index is 478. The summed E-state index contributed by atoms with van der Waals surface area (Å²) in [7, 11) is 0. The lowest BCUT2D eigenvalue weighted by Crippen LogP contribution is -2.56. The van der Waals surface area contributed by atoms with Crippen LogP contribution in [-0.2, 0) is 9.59 Å². The molecule has 2 rings (SSSR count). The molecular formula is C28H52N2O2. The molecule has 2 aliphatic rings. The maximum absolute atomic E-state index is 13.1. The first-order valence-corrected chi connectivity index (χ1v) is 14.3. The van der Waals surface area contributed by atoms with Crippen molar-refractivity contribution in [3.05, 3.63) is 0 Å². The van der Waals surface area contributed by atoms with E-state index in [1.807, 2.05) is 9.80 Å². The van der Waals surface area contributed by atoms with Gasteiger partial charge < -0.3 is 9.80 Å². The van der Waals surface area contributed by atoms with E-state index >= 15 is 0 Å². The molecule has 0 aromatic carbocycles. The van der Waals surface area contributed by atoms with Gasteiger partial charge in [-0.15, -0.1) is 0 Å². The normalized spacial score (nSPS) is 21.3. The van der Waals surface area contributed by atoms with Crippen LogP contribution in [0.4, 0.5) is 0 Å². The van der Waals surface area contributed by atoms with E-state index in [4.69, 9.17) is 0 Å². The number of piperidine rings is 2. The molecule has 0 spiro atoms. The Hall–Kier alpha value is -1.06. The van der Waals surface area contributed by atoms with Crippen molar-refractivity contribution in [1.29, 1.82) is 0 Å². The number of carbonyl (C=O) groups excluding carboxylic acids is 2. The van der Waals surface area contributed by atoms with Crippen LogP contribution >= 0.6 is 0 Å². The number of likely N-dealkylation sites (tertiary alicyclic amines) is 2. The van der Waals surface area contributed by atoms with Crippen LogP contribution in [0.15, 0.2) is 0 Å². The number of rotatable bonds is 18. The highest BCUT2D eigenvalue weighted by Crippen LogP contribution is 2.33. The molecule has 2 aliphatic heterocycles. The Morgan fingerprint density at radius 3 is 1.28 bits per heavy atom. The van der Waals surface area contributed by atoms with Gasteiger partial charge in [-0.05, 0) is 31.6 Å². The number of unbranched alkanes of at least 4 members (excludes halogenated alkanes) is 14. The van der Waals surface area contributed by atoms with Crippen LogP contribution < -0.4 is 0 Å². The summed E-state index contributed by atoms with van der Waals surface area (Å²) >= 11 is 0. The molecular weight excluding hydrogens is 396 g/mol. The highest BCUT2D eigenvalue weighted by molar-refractivity contribution is 6.01. The van der Waals surface area contributed by atoms with Gasteiger partial charge in [-0.2, -0.15) is 0 Å². The summed E-state index contributed by atoms with van der Waals surface area (Å²) in [6, 6.07) is 0. The van der Waals surface area contributed by atoms with E-state index in [0.29, 0.717) is 5.92 Å². The lowest BCUT2D eigenvalue weighted by atomic mass is 9.78. The van der Waals surface area contributed by atoms with Crippen molar-refractivity contribution in [2.75, 3.05) is 26.2 Å². The fourth-order valence-corrected chi connectivity index (χ4v) is 5.56. The Kier molecular flexibility index (Phi) is 14.0. The minimum Gasteiger partial charge on any atom is -0.342 e. The SMILES string of the molecule is CCCCCCCCCCN1CCC2CCN(CCCCCCCCCC)C(=O)C2C1=O. The lowest BCUT2D eigenvalue weighted by Gasteiger charge is -2.43. The molecule has 4 nitrogen and oxygen atoms in total. The number of hydrogen-bond acceptors (Lipinski definition) is 2. The smallest absolute Gasteiger partial charge is 0.235 e. The molecule has 0 unspecified atom stereocenters. The zero-order valence-electron chi connectivity index (χ0n) is 21.4. The fourth-order valence-electron chi connectivity index (χ4n) is 5.56. The van der Waals surface area contributed by atoms with Crippen molar-refractivity contribution in [2.45, 2.75) is 129 Å². The first-order valence-electron chi connectivity index (χ1n) is 14.3. The van der Waals surface area contributed by atoms with Crippen LogP contribution in [0.1, 0.15) is 129 Å². The highest BCUT2D eigenvalue weighted by atomic mass is 16.2. The van der Waals surface area contributed by atoms with Gasteiger partial charge in [0, 0.05) is 26.2 Å². The molecule has 0 atom stereocenters. The van der Waals surface area contributed by atoms with E-state index in [0.717, 1.165) is 51.9 Å². The number of fused-ring (bicyclic) bond motifs is 1. The van der Waals surface area contributed by atoms with Crippen LogP contribution in [0.5, 0.6) is 0 Å². The van der Waals surface area contributed by atoms with Gasteiger partial charge in [0.25, 0.3) is 0 Å². The molecule has 2 saturated heterocycles. The van der Waals surface area contributed by atoms with E-state index in [1.165, 1.54) is 89.9 Å². The van der Waals surface area contributed by atoms with Crippen molar-refractivity contribution >= 4 is 11.8 Å². The monoisotopic (exact) mass is 448 g/mol. The summed E-state index contributed by atoms with van der Waals surface area (Å²) in [6.07, 6.45) is 22.6. The quantitative estimate of drug-likeness (QED) is 0.168. The molecule has 0 N–H and O–H groups in total. The van der Waals surface area contributed by atoms with Crippen molar-refractivity contribution in [2.24, 2.45) is 11.8 Å². The lowest BCUT2D eigenvalue weighted by molar-refractivity contribution is -0.157. The van der Waals surface area contributed by atoms with Gasteiger partial charge in [-0.1, -0.05) is 104 Å². The number of carbonyl (C=O) groups is 2. The molecule has 2 amide bonds. The maximum Gasteiger partial charge on any atom is 0.235 e. The molecule has 0 saturated carbocycles. The van der Waals surface area contributed by atoms with Crippen molar-refractivity contribution in [1.82, 2.24) is 9.80 Å². The minimum atomic E-state index is -0.374. The van der Waals surface area contributed by atoms with Gasteiger partial charge in [-0.3, -0.25) is 9.59 Å². The molecule has 0 bridgehead atoms. The molecule has 2 fully saturated rings. The number of nitrogens with zero attached hydrogens (tertiary/aromatic N) is 2. The van der Waals surface area contributed by atoms with E-state index < -0.39 is 0 Å². The van der Waals surface area contributed by atoms with Crippen molar-refractivity contribution in [3.63, 3.8) is 0 Å². The van der Waals surface area contributed by atoms with Crippen LogP contribution in [0.3, 0.4) is 0 Å². The minimum absolute atomic E-state index is 0.134. The van der Waals surface area contributed by atoms with Gasteiger partial charge in [0.2, 0.25) is 11.8 Å². The van der Waals surface area contributed by atoms with Gasteiger partial charge in [0.15, 0.2) is 0 Å². The van der Waals surface area contributed by atoms with Crippen LogP contribution in [0, 0.1) is 11.8 Å². The zero-order chi connectivity index (χ0) is 23.0. The number of hydrogen-bond donors (Lipinski definition) is 0. The van der Waals surface area contributed by atoms with E-state index in [-0.39, 0.29) is 17.7 Å². The second-order valence-corrected chi connectivity index (χ2v) is 10.4. The van der Waals surface area contributed by atoms with E-state index in [9.17, 15) is 9.59 Å². The highest BCUT2D eigenvalue weighted by Gasteiger charge is 2.45. The predicted octanol–water partition coefficient (Wildman–Crippen LogP) is 6.96. The molecule has 186 valence electrons. The molecule has 0 radical (unpaired) electrons. The van der Waals surface area contributed by atoms with Crippen molar-refractivity contribution < 1.29 is 9.59 Å². The van der Waals surface area contributed by atoms with Gasteiger partial charge in [0.1, 0.15) is 5.92 Å². The third kappa shape index (κ3) is 9.43. The summed E-state index contributed by atoms with van der Waals surface area (Å²) in [5.74, 6) is 0.185. The summed E-state index contributed by atoms with van der Waals surface area (Å²) in [4.78, 5) is 30.3. The molecule has 4 heteroatoms. The second kappa shape index (κ2) is 16.5. The topological polar surface area (TPSA) is 40.6 Å². The first-order chi connectivity index (χ1) is 15.7. The summed E-state index contributed by atoms with van der Waals surface area (Å²) in [6.45, 7) is 7.94. The van der Waals surface area contributed by atoms with Crippen LogP contribution in [0.2, 0.25) is 0 Å². The predicted molar refractivity (Wildman–Crippen MR) is 135 cm³/mol. The average molecular weight is 449 g/mol. The molecule has 0 aromatic rings. The van der Waals surface area contributed by atoms with Crippen molar-refractivity contribution in [3.8, 4) is 0 Å². The summed E-state index contributed by atoms with van der Waals surface area (Å²) in [5, 5.41) is 0. The third-order valence-electron chi connectivity index (χ3n) is 7.73.